The van der Waals surface area contributed by atoms with Gasteiger partial charge in [-0.2, -0.15) is 0 Å². The largest absolute Gasteiger partial charge is 0.478 e. The molecule has 1 aliphatic heterocycles. The number of rotatable bonds is 4. The number of nitrogens with zero attached hydrogens (tertiary/aromatic N) is 1. The van der Waals surface area contributed by atoms with Crippen LogP contribution in [-0.4, -0.2) is 60.4 Å². The van der Waals surface area contributed by atoms with Crippen molar-refractivity contribution in [3.63, 3.8) is 0 Å². The second-order valence-electron chi connectivity index (χ2n) is 3.23. The average molecular weight is 217 g/mol. The van der Waals surface area contributed by atoms with Crippen LogP contribution in [-0.2, 0) is 14.3 Å². The minimum Gasteiger partial charge on any atom is -0.478 e. The maximum Gasteiger partial charge on any atom is 0.328 e. The van der Waals surface area contributed by atoms with Gasteiger partial charge in [-0.15, -0.1) is 0 Å². The van der Waals surface area contributed by atoms with Crippen LogP contribution in [0.5, 0.6) is 0 Å². The average Bonchev–Trinajstić information content (AvgIpc) is 2.84. The quantitative estimate of drug-likeness (QED) is 0.494. The predicted molar refractivity (Wildman–Crippen MR) is 52.7 cm³/mol. The number of ether oxygens (including phenoxy) is 1. The SMILES string of the molecule is CN(C)CC1CO1.O=C(O)/C=C\C(=O)O. The first-order chi connectivity index (χ1) is 6.91. The lowest BCUT2D eigenvalue weighted by molar-refractivity contribution is -0.134. The third kappa shape index (κ3) is 12.6. The van der Waals surface area contributed by atoms with Gasteiger partial charge in [0.25, 0.3) is 0 Å². The Labute approximate surface area is 87.8 Å². The number of carboxylic acid groups (broad SMARTS) is 2. The Balaban J connectivity index is 0.000000262. The fraction of sp³-hybridized carbons (Fsp3) is 0.556. The Bertz CT molecular complexity index is 229. The van der Waals surface area contributed by atoms with Gasteiger partial charge in [0.05, 0.1) is 12.7 Å². The molecule has 0 aromatic heterocycles. The van der Waals surface area contributed by atoms with Gasteiger partial charge in [-0.05, 0) is 14.1 Å². The van der Waals surface area contributed by atoms with Gasteiger partial charge in [-0.25, -0.2) is 9.59 Å². The zero-order valence-electron chi connectivity index (χ0n) is 8.71. The van der Waals surface area contributed by atoms with E-state index in [2.05, 4.69) is 19.0 Å². The number of aliphatic carboxylic acids is 2. The molecule has 0 aromatic carbocycles. The van der Waals surface area contributed by atoms with Crippen LogP contribution in [0.4, 0.5) is 0 Å². The Morgan fingerprint density at radius 2 is 1.73 bits per heavy atom. The standard InChI is InChI=1S/C5H11NO.C4H4O4/c1-6(2)3-5-4-7-5;5-3(6)1-2-4(7)8/h5H,3-4H2,1-2H3;1-2H,(H,5,6)(H,7,8)/b;2-1-. The van der Waals surface area contributed by atoms with Crippen molar-refractivity contribution in [3.05, 3.63) is 12.2 Å². The number of epoxide rings is 1. The van der Waals surface area contributed by atoms with Crippen molar-refractivity contribution in [2.24, 2.45) is 0 Å². The Kier molecular flexibility index (Phi) is 6.32. The molecule has 0 aliphatic carbocycles. The molecule has 1 saturated heterocycles. The molecule has 1 atom stereocenters. The van der Waals surface area contributed by atoms with Gasteiger partial charge in [0.15, 0.2) is 0 Å². The van der Waals surface area contributed by atoms with Gasteiger partial charge in [0.2, 0.25) is 0 Å². The minimum absolute atomic E-state index is 0.551. The van der Waals surface area contributed by atoms with Crippen molar-refractivity contribution in [1.29, 1.82) is 0 Å². The Hall–Kier alpha value is -1.40. The van der Waals surface area contributed by atoms with Crippen LogP contribution in [0, 0.1) is 0 Å². The van der Waals surface area contributed by atoms with E-state index < -0.39 is 11.9 Å². The van der Waals surface area contributed by atoms with E-state index >= 15 is 0 Å². The number of carbonyl (C=O) groups is 2. The van der Waals surface area contributed by atoms with Crippen molar-refractivity contribution >= 4 is 11.9 Å². The third-order valence-electron chi connectivity index (χ3n) is 1.34. The van der Waals surface area contributed by atoms with Crippen molar-refractivity contribution in [1.82, 2.24) is 4.90 Å². The normalized spacial score (nSPS) is 18.5. The molecule has 0 radical (unpaired) electrons. The molecular weight excluding hydrogens is 202 g/mol. The highest BCUT2D eigenvalue weighted by Crippen LogP contribution is 2.07. The molecule has 1 fully saturated rings. The summed E-state index contributed by atoms with van der Waals surface area (Å²) in [5.74, 6) is -2.51. The second kappa shape index (κ2) is 6.97. The summed E-state index contributed by atoms with van der Waals surface area (Å²) in [6.07, 6.45) is 1.67. The molecule has 1 heterocycles. The van der Waals surface area contributed by atoms with Crippen LogP contribution in [0.2, 0.25) is 0 Å². The second-order valence-corrected chi connectivity index (χ2v) is 3.23. The fourth-order valence-corrected chi connectivity index (χ4v) is 0.723. The summed E-state index contributed by atoms with van der Waals surface area (Å²) in [5.41, 5.74) is 0. The molecule has 2 N–H and O–H groups in total. The first-order valence-corrected chi connectivity index (χ1v) is 4.32. The van der Waals surface area contributed by atoms with E-state index in [4.69, 9.17) is 14.9 Å². The highest BCUT2D eigenvalue weighted by molar-refractivity contribution is 5.89. The lowest BCUT2D eigenvalue weighted by Gasteiger charge is -2.03. The lowest BCUT2D eigenvalue weighted by atomic mass is 10.5. The highest BCUT2D eigenvalue weighted by atomic mass is 16.6. The molecular formula is C9H15NO5. The lowest BCUT2D eigenvalue weighted by Crippen LogP contribution is -2.17. The monoisotopic (exact) mass is 217 g/mol. The first kappa shape index (κ1) is 13.6. The summed E-state index contributed by atoms with van der Waals surface area (Å²) in [6, 6.07) is 0. The smallest absolute Gasteiger partial charge is 0.328 e. The first-order valence-electron chi connectivity index (χ1n) is 4.32. The van der Waals surface area contributed by atoms with Gasteiger partial charge < -0.3 is 19.8 Å². The maximum atomic E-state index is 9.55. The van der Waals surface area contributed by atoms with E-state index in [9.17, 15) is 9.59 Å². The van der Waals surface area contributed by atoms with Crippen LogP contribution < -0.4 is 0 Å². The summed E-state index contributed by atoms with van der Waals surface area (Å²) in [4.78, 5) is 21.2. The van der Waals surface area contributed by atoms with E-state index in [1.54, 1.807) is 0 Å². The van der Waals surface area contributed by atoms with Crippen molar-refractivity contribution < 1.29 is 24.5 Å². The molecule has 0 bridgehead atoms. The number of carboxylic acids is 2. The van der Waals surface area contributed by atoms with Crippen LogP contribution in [0.1, 0.15) is 0 Å². The molecule has 0 saturated carbocycles. The molecule has 0 aromatic rings. The van der Waals surface area contributed by atoms with Crippen LogP contribution >= 0.6 is 0 Å². The predicted octanol–water partition coefficient (Wildman–Crippen LogP) is -0.341. The molecule has 1 unspecified atom stereocenters. The van der Waals surface area contributed by atoms with Gasteiger partial charge in [0.1, 0.15) is 0 Å². The van der Waals surface area contributed by atoms with Crippen LogP contribution in [0.3, 0.4) is 0 Å². The number of hydrogen-bond donors (Lipinski definition) is 2. The molecule has 1 rings (SSSR count). The van der Waals surface area contributed by atoms with Gasteiger partial charge in [-0.1, -0.05) is 0 Å². The number of hydrogen-bond acceptors (Lipinski definition) is 4. The minimum atomic E-state index is -1.26. The topological polar surface area (TPSA) is 90.4 Å². The van der Waals surface area contributed by atoms with E-state index in [-0.39, 0.29) is 0 Å². The maximum absolute atomic E-state index is 9.55. The third-order valence-corrected chi connectivity index (χ3v) is 1.34. The zero-order chi connectivity index (χ0) is 11.8. The summed E-state index contributed by atoms with van der Waals surface area (Å²) >= 11 is 0. The Morgan fingerprint density at radius 3 is 1.87 bits per heavy atom. The van der Waals surface area contributed by atoms with E-state index in [1.807, 2.05) is 0 Å². The summed E-state index contributed by atoms with van der Waals surface area (Å²) in [6.45, 7) is 2.05. The van der Waals surface area contributed by atoms with Gasteiger partial charge in [0, 0.05) is 18.7 Å². The summed E-state index contributed by atoms with van der Waals surface area (Å²) in [7, 11) is 4.11. The molecule has 86 valence electrons. The molecule has 0 spiro atoms. The summed E-state index contributed by atoms with van der Waals surface area (Å²) < 4.78 is 4.98. The highest BCUT2D eigenvalue weighted by Gasteiger charge is 2.22. The number of likely N-dealkylation sites (N-methyl/N-ethyl adjacent to an activating group) is 1. The van der Waals surface area contributed by atoms with E-state index in [0.29, 0.717) is 18.3 Å². The molecule has 6 nitrogen and oxygen atoms in total. The molecule has 1 aliphatic rings. The van der Waals surface area contributed by atoms with E-state index in [0.717, 1.165) is 13.2 Å². The van der Waals surface area contributed by atoms with Crippen molar-refractivity contribution in [3.8, 4) is 0 Å². The zero-order valence-corrected chi connectivity index (χ0v) is 8.71. The van der Waals surface area contributed by atoms with Gasteiger partial charge >= 0.3 is 11.9 Å². The van der Waals surface area contributed by atoms with Gasteiger partial charge in [-0.3, -0.25) is 0 Å². The Morgan fingerprint density at radius 1 is 1.33 bits per heavy atom. The fourth-order valence-electron chi connectivity index (χ4n) is 0.723. The van der Waals surface area contributed by atoms with E-state index in [1.165, 1.54) is 0 Å². The summed E-state index contributed by atoms with van der Waals surface area (Å²) in [5, 5.41) is 15.6. The molecule has 0 amide bonds. The van der Waals surface area contributed by atoms with Crippen molar-refractivity contribution in [2.45, 2.75) is 6.10 Å². The van der Waals surface area contributed by atoms with Crippen LogP contribution in [0.25, 0.3) is 0 Å². The van der Waals surface area contributed by atoms with Crippen LogP contribution in [0.15, 0.2) is 12.2 Å². The molecule has 15 heavy (non-hydrogen) atoms. The van der Waals surface area contributed by atoms with Crippen molar-refractivity contribution in [2.75, 3.05) is 27.2 Å². The molecule has 6 heteroatoms.